The van der Waals surface area contributed by atoms with Crippen LogP contribution in [0.3, 0.4) is 0 Å². The topological polar surface area (TPSA) is 55.1 Å². The van der Waals surface area contributed by atoms with Gasteiger partial charge in [0, 0.05) is 5.69 Å². The quantitative estimate of drug-likeness (QED) is 0.822. The van der Waals surface area contributed by atoms with Gasteiger partial charge in [0.15, 0.2) is 0 Å². The summed E-state index contributed by atoms with van der Waals surface area (Å²) in [6, 6.07) is 1.45. The zero-order chi connectivity index (χ0) is 15.3. The van der Waals surface area contributed by atoms with Gasteiger partial charge in [0.1, 0.15) is 5.82 Å². The van der Waals surface area contributed by atoms with Gasteiger partial charge in [-0.05, 0) is 36.6 Å². The fraction of sp³-hybridized carbons (Fsp3) is 0.417. The van der Waals surface area contributed by atoms with Crippen molar-refractivity contribution in [3.63, 3.8) is 0 Å². The molecule has 0 aromatic heterocycles. The van der Waals surface area contributed by atoms with Crippen LogP contribution in [-0.4, -0.2) is 24.0 Å². The van der Waals surface area contributed by atoms with Crippen LogP contribution in [0.15, 0.2) is 18.2 Å². The maximum absolute atomic E-state index is 13.1. The second-order valence-electron chi connectivity index (χ2n) is 4.07. The molecule has 0 aliphatic carbocycles. The summed E-state index contributed by atoms with van der Waals surface area (Å²) in [5.74, 6) is -1.33. The van der Waals surface area contributed by atoms with Crippen LogP contribution in [0.25, 0.3) is 0 Å². The maximum Gasteiger partial charge on any atom is 0.419 e. The van der Waals surface area contributed by atoms with Gasteiger partial charge in [0.2, 0.25) is 5.91 Å². The Morgan fingerprint density at radius 3 is 2.65 bits per heavy atom. The summed E-state index contributed by atoms with van der Waals surface area (Å²) in [5, 5.41) is 2.25. The number of nitrogens with one attached hydrogen (secondary N) is 1. The van der Waals surface area contributed by atoms with Crippen LogP contribution in [0.1, 0.15) is 12.0 Å². The monoisotopic (exact) mass is 310 g/mol. The third-order valence-corrected chi connectivity index (χ3v) is 3.15. The standard InChI is InChI=1S/C12H14F4N2OS/c1-20-5-4-10(17)11(19)18-7-2-3-9(13)8(6-7)12(14,15)16/h2-3,6,10H,4-5,17H2,1H3,(H,18,19)/t10-/m1/s1. The van der Waals surface area contributed by atoms with Crippen LogP contribution in [0.2, 0.25) is 0 Å². The molecule has 3 nitrogen and oxygen atoms in total. The zero-order valence-corrected chi connectivity index (χ0v) is 11.4. The van der Waals surface area contributed by atoms with E-state index in [1.54, 1.807) is 0 Å². The second-order valence-corrected chi connectivity index (χ2v) is 5.06. The Kier molecular flexibility index (Phi) is 5.82. The van der Waals surface area contributed by atoms with Crippen LogP contribution < -0.4 is 11.1 Å². The Morgan fingerprint density at radius 1 is 1.45 bits per heavy atom. The fourth-order valence-electron chi connectivity index (χ4n) is 1.43. The number of alkyl halides is 3. The molecule has 0 aliphatic heterocycles. The number of amides is 1. The first-order chi connectivity index (χ1) is 9.25. The predicted molar refractivity (Wildman–Crippen MR) is 71.0 cm³/mol. The number of carbonyl (C=O) groups excluding carboxylic acids is 1. The number of hydrogen-bond acceptors (Lipinski definition) is 3. The minimum atomic E-state index is -4.81. The first kappa shape index (κ1) is 16.8. The number of carbonyl (C=O) groups is 1. The van der Waals surface area contributed by atoms with Crippen molar-refractivity contribution in [1.29, 1.82) is 0 Å². The highest BCUT2D eigenvalue weighted by Gasteiger charge is 2.34. The number of hydrogen-bond donors (Lipinski definition) is 2. The molecule has 0 aliphatic rings. The van der Waals surface area contributed by atoms with Crippen molar-refractivity contribution in [2.45, 2.75) is 18.6 Å². The molecule has 0 saturated carbocycles. The lowest BCUT2D eigenvalue weighted by Crippen LogP contribution is -2.36. The van der Waals surface area contributed by atoms with Gasteiger partial charge in [-0.1, -0.05) is 0 Å². The molecule has 1 aromatic rings. The van der Waals surface area contributed by atoms with E-state index in [1.807, 2.05) is 6.26 Å². The molecule has 112 valence electrons. The first-order valence-corrected chi connectivity index (χ1v) is 7.07. The van der Waals surface area contributed by atoms with Crippen LogP contribution in [0, 0.1) is 5.82 Å². The Hall–Kier alpha value is -1.28. The Balaban J connectivity index is 2.81. The van der Waals surface area contributed by atoms with Gasteiger partial charge in [-0.3, -0.25) is 4.79 Å². The summed E-state index contributed by atoms with van der Waals surface area (Å²) in [6.45, 7) is 0. The van der Waals surface area contributed by atoms with Crippen molar-refractivity contribution in [3.8, 4) is 0 Å². The van der Waals surface area contributed by atoms with Gasteiger partial charge in [-0.15, -0.1) is 0 Å². The van der Waals surface area contributed by atoms with E-state index < -0.39 is 29.5 Å². The van der Waals surface area contributed by atoms with Gasteiger partial charge in [-0.25, -0.2) is 4.39 Å². The molecule has 0 bridgehead atoms. The van der Waals surface area contributed by atoms with Crippen molar-refractivity contribution in [3.05, 3.63) is 29.6 Å². The highest BCUT2D eigenvalue weighted by molar-refractivity contribution is 7.98. The number of nitrogens with two attached hydrogens (primary N) is 1. The van der Waals surface area contributed by atoms with Crippen molar-refractivity contribution >= 4 is 23.4 Å². The molecule has 0 saturated heterocycles. The third kappa shape index (κ3) is 4.68. The van der Waals surface area contributed by atoms with Gasteiger partial charge < -0.3 is 11.1 Å². The van der Waals surface area contributed by atoms with Crippen molar-refractivity contribution in [2.24, 2.45) is 5.73 Å². The van der Waals surface area contributed by atoms with Crippen LogP contribution in [0.5, 0.6) is 0 Å². The minimum absolute atomic E-state index is 0.136. The molecule has 1 rings (SSSR count). The largest absolute Gasteiger partial charge is 0.419 e. The van der Waals surface area contributed by atoms with Crippen molar-refractivity contribution in [1.82, 2.24) is 0 Å². The summed E-state index contributed by atoms with van der Waals surface area (Å²) in [7, 11) is 0. The summed E-state index contributed by atoms with van der Waals surface area (Å²) >= 11 is 1.50. The Bertz CT molecular complexity index is 479. The van der Waals surface area contributed by atoms with Gasteiger partial charge in [-0.2, -0.15) is 24.9 Å². The van der Waals surface area contributed by atoms with Gasteiger partial charge >= 0.3 is 6.18 Å². The molecule has 1 amide bonds. The molecule has 0 spiro atoms. The molecule has 0 radical (unpaired) electrons. The van der Waals surface area contributed by atoms with E-state index in [-0.39, 0.29) is 5.69 Å². The predicted octanol–water partition coefficient (Wildman–Crippen LogP) is 2.86. The second kappa shape index (κ2) is 6.94. The van der Waals surface area contributed by atoms with E-state index in [0.29, 0.717) is 24.3 Å². The molecular formula is C12H14F4N2OS. The van der Waals surface area contributed by atoms with Crippen molar-refractivity contribution < 1.29 is 22.4 Å². The van der Waals surface area contributed by atoms with E-state index >= 15 is 0 Å². The van der Waals surface area contributed by atoms with Gasteiger partial charge in [0.05, 0.1) is 11.6 Å². The van der Waals surface area contributed by atoms with E-state index in [2.05, 4.69) is 5.32 Å². The van der Waals surface area contributed by atoms with E-state index in [0.717, 1.165) is 6.07 Å². The van der Waals surface area contributed by atoms with Crippen LogP contribution in [0.4, 0.5) is 23.2 Å². The molecule has 0 unspecified atom stereocenters. The summed E-state index contributed by atoms with van der Waals surface area (Å²) in [5.41, 5.74) is 4.02. The summed E-state index contributed by atoms with van der Waals surface area (Å²) in [6.07, 6.45) is -2.56. The number of halogens is 4. The first-order valence-electron chi connectivity index (χ1n) is 5.68. The third-order valence-electron chi connectivity index (χ3n) is 2.51. The number of benzene rings is 1. The van der Waals surface area contributed by atoms with Crippen LogP contribution >= 0.6 is 11.8 Å². The Labute approximate surface area is 117 Å². The van der Waals surface area contributed by atoms with E-state index in [9.17, 15) is 22.4 Å². The van der Waals surface area contributed by atoms with Crippen molar-refractivity contribution in [2.75, 3.05) is 17.3 Å². The average molecular weight is 310 g/mol. The molecule has 0 fully saturated rings. The van der Waals surface area contributed by atoms with Crippen LogP contribution in [-0.2, 0) is 11.0 Å². The number of rotatable bonds is 5. The molecule has 1 aromatic carbocycles. The molecule has 1 atom stereocenters. The highest BCUT2D eigenvalue weighted by Crippen LogP contribution is 2.32. The van der Waals surface area contributed by atoms with Gasteiger partial charge in [0.25, 0.3) is 0 Å². The molecular weight excluding hydrogens is 296 g/mol. The lowest BCUT2D eigenvalue weighted by molar-refractivity contribution is -0.140. The normalized spacial score (nSPS) is 13.1. The number of anilines is 1. The molecule has 3 N–H and O–H groups in total. The zero-order valence-electron chi connectivity index (χ0n) is 10.6. The lowest BCUT2D eigenvalue weighted by Gasteiger charge is -2.14. The summed E-state index contributed by atoms with van der Waals surface area (Å²) in [4.78, 5) is 11.6. The molecule has 0 heterocycles. The minimum Gasteiger partial charge on any atom is -0.325 e. The average Bonchev–Trinajstić information content (AvgIpc) is 2.36. The number of thioether (sulfide) groups is 1. The SMILES string of the molecule is CSCC[C@@H](N)C(=O)Nc1ccc(F)c(C(F)(F)F)c1. The molecule has 20 heavy (non-hydrogen) atoms. The smallest absolute Gasteiger partial charge is 0.325 e. The van der Waals surface area contributed by atoms with E-state index in [1.165, 1.54) is 11.8 Å². The Morgan fingerprint density at radius 2 is 2.10 bits per heavy atom. The summed E-state index contributed by atoms with van der Waals surface area (Å²) < 4.78 is 50.6. The highest BCUT2D eigenvalue weighted by atomic mass is 32.2. The fourth-order valence-corrected chi connectivity index (χ4v) is 1.92. The van der Waals surface area contributed by atoms with E-state index in [4.69, 9.17) is 5.73 Å². The molecule has 8 heteroatoms. The maximum atomic E-state index is 13.1. The lowest BCUT2D eigenvalue weighted by atomic mass is 10.1.